The number of pyridine rings is 1. The number of hydrogen-bond donors (Lipinski definition) is 1. The van der Waals surface area contributed by atoms with Gasteiger partial charge in [0.05, 0.1) is 6.10 Å². The van der Waals surface area contributed by atoms with E-state index in [0.717, 1.165) is 11.4 Å². The molecule has 1 aliphatic rings. The van der Waals surface area contributed by atoms with Crippen LogP contribution < -0.4 is 4.90 Å². The summed E-state index contributed by atoms with van der Waals surface area (Å²) in [5, 5.41) is 9.59. The summed E-state index contributed by atoms with van der Waals surface area (Å²) in [4.78, 5) is 6.50. The van der Waals surface area contributed by atoms with Crippen molar-refractivity contribution in [3.05, 3.63) is 23.9 Å². The minimum absolute atomic E-state index is 0.445. The van der Waals surface area contributed by atoms with E-state index in [2.05, 4.69) is 9.88 Å². The normalized spacial score (nSPS) is 17.9. The lowest BCUT2D eigenvalue weighted by Crippen LogP contribution is -2.22. The monoisotopic (exact) mass is 192 g/mol. The molecule has 1 N–H and O–H groups in total. The van der Waals surface area contributed by atoms with Crippen molar-refractivity contribution in [2.75, 3.05) is 11.9 Å². The van der Waals surface area contributed by atoms with Crippen LogP contribution in [0.25, 0.3) is 0 Å². The zero-order chi connectivity index (χ0) is 10.1. The first-order valence-corrected chi connectivity index (χ1v) is 5.06. The lowest BCUT2D eigenvalue weighted by atomic mass is 10.1. The highest BCUT2D eigenvalue weighted by molar-refractivity contribution is 5.48. The van der Waals surface area contributed by atoms with Gasteiger partial charge in [-0.05, 0) is 25.8 Å². The summed E-state index contributed by atoms with van der Waals surface area (Å²) in [5.41, 5.74) is 0.918. The molecule has 3 heteroatoms. The maximum Gasteiger partial charge on any atom is 0.134 e. The summed E-state index contributed by atoms with van der Waals surface area (Å²) in [5.74, 6) is 0.921. The lowest BCUT2D eigenvalue weighted by Gasteiger charge is -2.21. The molecule has 1 aromatic rings. The van der Waals surface area contributed by atoms with Crippen LogP contribution in [0.1, 0.15) is 31.4 Å². The lowest BCUT2D eigenvalue weighted by molar-refractivity contribution is 0.199. The number of hydrogen-bond acceptors (Lipinski definition) is 3. The smallest absolute Gasteiger partial charge is 0.134 e. The molecule has 0 unspecified atom stereocenters. The first-order valence-electron chi connectivity index (χ1n) is 5.06. The second-order valence-electron chi connectivity index (χ2n) is 3.93. The number of nitrogens with zero attached hydrogens (tertiary/aromatic N) is 2. The van der Waals surface area contributed by atoms with E-state index < -0.39 is 6.10 Å². The van der Waals surface area contributed by atoms with Gasteiger partial charge in [-0.15, -0.1) is 0 Å². The number of aliphatic hydroxyl groups excluding tert-OH is 1. The molecule has 0 aliphatic heterocycles. The Balaban J connectivity index is 2.30. The van der Waals surface area contributed by atoms with E-state index in [-0.39, 0.29) is 0 Å². The van der Waals surface area contributed by atoms with Crippen LogP contribution in [-0.2, 0) is 0 Å². The Labute approximate surface area is 84.4 Å². The predicted octanol–water partition coefficient (Wildman–Crippen LogP) is 1.73. The van der Waals surface area contributed by atoms with Crippen LogP contribution in [0, 0.1) is 0 Å². The van der Waals surface area contributed by atoms with Crippen molar-refractivity contribution in [2.24, 2.45) is 0 Å². The third-order valence-electron chi connectivity index (χ3n) is 2.70. The Hall–Kier alpha value is -1.09. The van der Waals surface area contributed by atoms with Crippen molar-refractivity contribution in [3.8, 4) is 0 Å². The summed E-state index contributed by atoms with van der Waals surface area (Å²) in [7, 11) is 2.05. The van der Waals surface area contributed by atoms with Crippen LogP contribution >= 0.6 is 0 Å². The highest BCUT2D eigenvalue weighted by Gasteiger charge is 2.28. The van der Waals surface area contributed by atoms with Gasteiger partial charge in [0, 0.05) is 24.8 Å². The molecule has 0 bridgehead atoms. The molecule has 0 aromatic carbocycles. The van der Waals surface area contributed by atoms with E-state index in [4.69, 9.17) is 0 Å². The van der Waals surface area contributed by atoms with E-state index in [1.807, 2.05) is 19.2 Å². The summed E-state index contributed by atoms with van der Waals surface area (Å²) >= 11 is 0. The molecule has 1 fully saturated rings. The first-order chi connectivity index (χ1) is 6.70. The summed E-state index contributed by atoms with van der Waals surface area (Å²) in [6.45, 7) is 1.78. The topological polar surface area (TPSA) is 36.4 Å². The van der Waals surface area contributed by atoms with Crippen LogP contribution in [0.4, 0.5) is 5.82 Å². The highest BCUT2D eigenvalue weighted by atomic mass is 16.3. The van der Waals surface area contributed by atoms with Crippen molar-refractivity contribution in [1.82, 2.24) is 4.98 Å². The van der Waals surface area contributed by atoms with Gasteiger partial charge in [0.1, 0.15) is 5.82 Å². The number of aliphatic hydroxyl groups is 1. The fourth-order valence-electron chi connectivity index (χ4n) is 1.66. The molecule has 0 radical (unpaired) electrons. The first kappa shape index (κ1) is 9.46. The number of aromatic nitrogens is 1. The molecular formula is C11H16N2O. The molecule has 1 atom stereocenters. The highest BCUT2D eigenvalue weighted by Crippen LogP contribution is 2.32. The molecule has 1 heterocycles. The molecule has 1 saturated carbocycles. The van der Waals surface area contributed by atoms with Crippen LogP contribution in [0.3, 0.4) is 0 Å². The quantitative estimate of drug-likeness (QED) is 0.792. The van der Waals surface area contributed by atoms with Gasteiger partial charge in [-0.3, -0.25) is 0 Å². The maximum atomic E-state index is 9.59. The molecule has 2 rings (SSSR count). The van der Waals surface area contributed by atoms with E-state index in [0.29, 0.717) is 6.04 Å². The Morgan fingerprint density at radius 3 is 2.86 bits per heavy atom. The fourth-order valence-corrected chi connectivity index (χ4v) is 1.66. The predicted molar refractivity (Wildman–Crippen MR) is 56.3 cm³/mol. The molecule has 0 spiro atoms. The second kappa shape index (κ2) is 3.58. The molecule has 3 nitrogen and oxygen atoms in total. The largest absolute Gasteiger partial charge is 0.389 e. The molecule has 14 heavy (non-hydrogen) atoms. The summed E-state index contributed by atoms with van der Waals surface area (Å²) in [6, 6.07) is 4.43. The van der Waals surface area contributed by atoms with E-state index >= 15 is 0 Å². The van der Waals surface area contributed by atoms with Crippen molar-refractivity contribution >= 4 is 5.82 Å². The second-order valence-corrected chi connectivity index (χ2v) is 3.93. The van der Waals surface area contributed by atoms with Crippen LogP contribution in [0.15, 0.2) is 18.3 Å². The number of anilines is 1. The van der Waals surface area contributed by atoms with E-state index in [1.54, 1.807) is 13.1 Å². The van der Waals surface area contributed by atoms with Gasteiger partial charge in [-0.2, -0.15) is 0 Å². The van der Waals surface area contributed by atoms with Gasteiger partial charge < -0.3 is 10.0 Å². The zero-order valence-electron chi connectivity index (χ0n) is 8.64. The van der Waals surface area contributed by atoms with E-state index in [9.17, 15) is 5.11 Å². The van der Waals surface area contributed by atoms with Gasteiger partial charge in [0.25, 0.3) is 0 Å². The van der Waals surface area contributed by atoms with Crippen molar-refractivity contribution in [2.45, 2.75) is 31.9 Å². The summed E-state index contributed by atoms with van der Waals surface area (Å²) < 4.78 is 0. The van der Waals surface area contributed by atoms with Crippen LogP contribution in [-0.4, -0.2) is 23.2 Å². The van der Waals surface area contributed by atoms with Gasteiger partial charge in [-0.25, -0.2) is 4.98 Å². The Bertz CT molecular complexity index is 321. The zero-order valence-corrected chi connectivity index (χ0v) is 8.64. The molecule has 0 amide bonds. The van der Waals surface area contributed by atoms with Gasteiger partial charge in [0.2, 0.25) is 0 Å². The van der Waals surface area contributed by atoms with Crippen molar-refractivity contribution in [3.63, 3.8) is 0 Å². The SMILES string of the molecule is C[C@H](O)c1cccnc1N(C)C1CC1. The minimum atomic E-state index is -0.445. The summed E-state index contributed by atoms with van der Waals surface area (Å²) in [6.07, 6.45) is 3.82. The maximum absolute atomic E-state index is 9.59. The van der Waals surface area contributed by atoms with E-state index in [1.165, 1.54) is 12.8 Å². The average Bonchev–Trinajstić information content (AvgIpc) is 3.00. The fraction of sp³-hybridized carbons (Fsp3) is 0.545. The average molecular weight is 192 g/mol. The van der Waals surface area contributed by atoms with Gasteiger partial charge in [-0.1, -0.05) is 6.07 Å². The minimum Gasteiger partial charge on any atom is -0.389 e. The third kappa shape index (κ3) is 1.73. The Morgan fingerprint density at radius 1 is 1.57 bits per heavy atom. The molecular weight excluding hydrogens is 176 g/mol. The third-order valence-corrected chi connectivity index (χ3v) is 2.70. The van der Waals surface area contributed by atoms with Crippen molar-refractivity contribution in [1.29, 1.82) is 0 Å². The van der Waals surface area contributed by atoms with Gasteiger partial charge >= 0.3 is 0 Å². The molecule has 1 aliphatic carbocycles. The Morgan fingerprint density at radius 2 is 2.29 bits per heavy atom. The molecule has 76 valence electrons. The standard InChI is InChI=1S/C11H16N2O/c1-8(14)10-4-3-7-12-11(10)13(2)9-5-6-9/h3-4,7-9,14H,5-6H2,1-2H3/t8-/m0/s1. The molecule has 1 aromatic heterocycles. The van der Waals surface area contributed by atoms with Crippen LogP contribution in [0.5, 0.6) is 0 Å². The number of rotatable bonds is 3. The Kier molecular flexibility index (Phi) is 2.42. The van der Waals surface area contributed by atoms with Crippen molar-refractivity contribution < 1.29 is 5.11 Å². The van der Waals surface area contributed by atoms with Crippen LogP contribution in [0.2, 0.25) is 0 Å². The molecule has 0 saturated heterocycles. The van der Waals surface area contributed by atoms with Gasteiger partial charge in [0.15, 0.2) is 0 Å².